The first-order chi connectivity index (χ1) is 19.0. The van der Waals surface area contributed by atoms with Gasteiger partial charge in [-0.1, -0.05) is 29.3 Å². The van der Waals surface area contributed by atoms with Crippen molar-refractivity contribution in [3.8, 4) is 5.75 Å². The summed E-state index contributed by atoms with van der Waals surface area (Å²) in [4.78, 5) is 20.6. The van der Waals surface area contributed by atoms with E-state index in [1.165, 1.54) is 74.1 Å². The van der Waals surface area contributed by atoms with Gasteiger partial charge in [0.2, 0.25) is 11.9 Å². The van der Waals surface area contributed by atoms with Crippen LogP contribution in [0.1, 0.15) is 5.56 Å². The van der Waals surface area contributed by atoms with E-state index in [9.17, 15) is 21.6 Å². The first kappa shape index (κ1) is 28.8. The van der Waals surface area contributed by atoms with Crippen LogP contribution in [0.25, 0.3) is 0 Å². The first-order valence-corrected chi connectivity index (χ1v) is 14.9. The van der Waals surface area contributed by atoms with Crippen LogP contribution in [0, 0.1) is 6.92 Å². The molecular formula is C26H24ClN5O6S2. The maximum atomic E-state index is 13.6. The Hall–Kier alpha value is -4.20. The Bertz CT molecular complexity index is 1720. The molecule has 14 heteroatoms. The molecule has 0 radical (unpaired) electrons. The fourth-order valence-electron chi connectivity index (χ4n) is 3.54. The fraction of sp³-hybridized carbons (Fsp3) is 0.115. The zero-order chi connectivity index (χ0) is 28.9. The van der Waals surface area contributed by atoms with Crippen LogP contribution in [0.15, 0.2) is 95.0 Å². The molecule has 11 nitrogen and oxygen atoms in total. The van der Waals surface area contributed by atoms with E-state index < -0.39 is 32.5 Å². The Morgan fingerprint density at radius 2 is 1.55 bits per heavy atom. The number of carbonyl (C=O) groups is 1. The number of hydrogen-bond donors (Lipinski definition) is 2. The molecule has 4 aromatic rings. The normalized spacial score (nSPS) is 11.5. The zero-order valence-electron chi connectivity index (χ0n) is 21.3. The van der Waals surface area contributed by atoms with E-state index in [0.29, 0.717) is 5.75 Å². The molecule has 0 saturated carbocycles. The number of rotatable bonds is 10. The highest BCUT2D eigenvalue weighted by atomic mass is 35.5. The molecule has 2 N–H and O–H groups in total. The van der Waals surface area contributed by atoms with E-state index in [1.807, 2.05) is 6.92 Å². The summed E-state index contributed by atoms with van der Waals surface area (Å²) < 4.78 is 60.7. The SMILES string of the molecule is COc1ccc(N(CC(=O)Nc2ccc(S(=O)(=O)Nc3ncccn3)cc2)S(=O)(=O)c2ccc(C)cc2)cc1Cl. The lowest BCUT2D eigenvalue weighted by Gasteiger charge is -2.24. The van der Waals surface area contributed by atoms with E-state index in [1.54, 1.807) is 18.2 Å². The van der Waals surface area contributed by atoms with Gasteiger partial charge in [-0.15, -0.1) is 0 Å². The lowest BCUT2D eigenvalue weighted by Crippen LogP contribution is -2.38. The van der Waals surface area contributed by atoms with Gasteiger partial charge in [-0.3, -0.25) is 9.10 Å². The number of benzene rings is 3. The molecule has 0 aliphatic rings. The number of aromatic nitrogens is 2. The molecule has 4 rings (SSSR count). The molecular weight excluding hydrogens is 578 g/mol. The second-order valence-corrected chi connectivity index (χ2v) is 12.3. The highest BCUT2D eigenvalue weighted by Gasteiger charge is 2.28. The van der Waals surface area contributed by atoms with Crippen molar-refractivity contribution in [3.63, 3.8) is 0 Å². The van der Waals surface area contributed by atoms with Gasteiger partial charge in [0.15, 0.2) is 0 Å². The van der Waals surface area contributed by atoms with Crippen molar-refractivity contribution in [2.24, 2.45) is 0 Å². The van der Waals surface area contributed by atoms with Crippen molar-refractivity contribution in [1.29, 1.82) is 0 Å². The maximum Gasteiger partial charge on any atom is 0.264 e. The summed E-state index contributed by atoms with van der Waals surface area (Å²) in [5, 5.41) is 2.76. The summed E-state index contributed by atoms with van der Waals surface area (Å²) in [7, 11) is -6.72. The van der Waals surface area contributed by atoms with Crippen LogP contribution in [0.4, 0.5) is 17.3 Å². The second kappa shape index (κ2) is 11.9. The number of halogens is 1. The number of anilines is 3. The minimum absolute atomic E-state index is 0.0118. The van der Waals surface area contributed by atoms with Crippen molar-refractivity contribution >= 4 is 54.9 Å². The molecule has 0 atom stereocenters. The maximum absolute atomic E-state index is 13.6. The van der Waals surface area contributed by atoms with E-state index in [0.717, 1.165) is 9.87 Å². The monoisotopic (exact) mass is 601 g/mol. The Morgan fingerprint density at radius 1 is 0.925 bits per heavy atom. The van der Waals surface area contributed by atoms with Crippen molar-refractivity contribution in [2.45, 2.75) is 16.7 Å². The van der Waals surface area contributed by atoms with Crippen LogP contribution in [0.2, 0.25) is 5.02 Å². The molecule has 0 aliphatic heterocycles. The lowest BCUT2D eigenvalue weighted by molar-refractivity contribution is -0.114. The summed E-state index contributed by atoms with van der Waals surface area (Å²) in [5.41, 5.74) is 1.27. The average molecular weight is 602 g/mol. The quantitative estimate of drug-likeness (QED) is 0.276. The van der Waals surface area contributed by atoms with Gasteiger partial charge in [0, 0.05) is 18.1 Å². The molecule has 0 bridgehead atoms. The number of amides is 1. The third-order valence-corrected chi connectivity index (χ3v) is 8.99. The Morgan fingerprint density at radius 3 is 2.15 bits per heavy atom. The highest BCUT2D eigenvalue weighted by molar-refractivity contribution is 7.93. The van der Waals surface area contributed by atoms with E-state index in [4.69, 9.17) is 16.3 Å². The van der Waals surface area contributed by atoms with Gasteiger partial charge < -0.3 is 10.1 Å². The topological polar surface area (TPSA) is 148 Å². The van der Waals surface area contributed by atoms with Crippen molar-refractivity contribution in [1.82, 2.24) is 9.97 Å². The number of hydrogen-bond acceptors (Lipinski definition) is 8. The summed E-state index contributed by atoms with van der Waals surface area (Å²) in [6.07, 6.45) is 2.79. The molecule has 40 heavy (non-hydrogen) atoms. The molecule has 1 aromatic heterocycles. The minimum atomic E-state index is -4.18. The number of aryl methyl sites for hydroxylation is 1. The first-order valence-electron chi connectivity index (χ1n) is 11.6. The van der Waals surface area contributed by atoms with Gasteiger partial charge in [0.25, 0.3) is 20.0 Å². The zero-order valence-corrected chi connectivity index (χ0v) is 23.7. The Labute approximate surface area is 236 Å². The largest absolute Gasteiger partial charge is 0.495 e. The summed E-state index contributed by atoms with van der Waals surface area (Å²) >= 11 is 6.25. The number of nitrogens with zero attached hydrogens (tertiary/aromatic N) is 3. The van der Waals surface area contributed by atoms with Gasteiger partial charge in [-0.25, -0.2) is 31.5 Å². The van der Waals surface area contributed by atoms with Crippen LogP contribution in [0.5, 0.6) is 5.75 Å². The molecule has 208 valence electrons. The second-order valence-electron chi connectivity index (χ2n) is 8.39. The molecule has 0 saturated heterocycles. The molecule has 1 heterocycles. The van der Waals surface area contributed by atoms with Gasteiger partial charge in [0.05, 0.1) is 27.6 Å². The number of carbonyl (C=O) groups excluding carboxylic acids is 1. The van der Waals surface area contributed by atoms with Crippen LogP contribution in [-0.4, -0.2) is 46.4 Å². The van der Waals surface area contributed by atoms with Crippen LogP contribution >= 0.6 is 11.6 Å². The third kappa shape index (κ3) is 6.68. The van der Waals surface area contributed by atoms with Crippen LogP contribution in [-0.2, 0) is 24.8 Å². The number of sulfonamides is 2. The fourth-order valence-corrected chi connectivity index (χ4v) is 6.16. The summed E-state index contributed by atoms with van der Waals surface area (Å²) in [6, 6.07) is 17.4. The van der Waals surface area contributed by atoms with Gasteiger partial charge in [0.1, 0.15) is 12.3 Å². The van der Waals surface area contributed by atoms with Crippen LogP contribution < -0.4 is 19.1 Å². The molecule has 0 unspecified atom stereocenters. The van der Waals surface area contributed by atoms with E-state index in [-0.39, 0.29) is 32.1 Å². The summed E-state index contributed by atoms with van der Waals surface area (Å²) in [5.74, 6) is -0.423. The number of ether oxygens (including phenoxy) is 1. The van der Waals surface area contributed by atoms with Gasteiger partial charge >= 0.3 is 0 Å². The molecule has 0 aliphatic carbocycles. The average Bonchev–Trinajstić information content (AvgIpc) is 2.92. The standard InChI is InChI=1S/C26H24ClN5O6S2/c1-18-4-9-22(10-5-18)40(36,37)32(20-8-13-24(38-2)23(27)16-20)17-25(33)30-19-6-11-21(12-7-19)39(34,35)31-26-28-14-3-15-29-26/h3-16H,17H2,1-2H3,(H,30,33)(H,28,29,31). The lowest BCUT2D eigenvalue weighted by atomic mass is 10.2. The van der Waals surface area contributed by atoms with Gasteiger partial charge in [-0.05, 0) is 67.6 Å². The Balaban J connectivity index is 1.56. The van der Waals surface area contributed by atoms with E-state index in [2.05, 4.69) is 20.0 Å². The number of nitrogens with one attached hydrogen (secondary N) is 2. The predicted octanol–water partition coefficient (Wildman–Crippen LogP) is 4.08. The minimum Gasteiger partial charge on any atom is -0.495 e. The van der Waals surface area contributed by atoms with Crippen LogP contribution in [0.3, 0.4) is 0 Å². The predicted molar refractivity (Wildman–Crippen MR) is 152 cm³/mol. The van der Waals surface area contributed by atoms with Crippen molar-refractivity contribution in [3.05, 3.63) is 95.8 Å². The third-order valence-electron chi connectivity index (χ3n) is 5.56. The van der Waals surface area contributed by atoms with Crippen molar-refractivity contribution < 1.29 is 26.4 Å². The van der Waals surface area contributed by atoms with Crippen molar-refractivity contribution in [2.75, 3.05) is 28.0 Å². The summed E-state index contributed by atoms with van der Waals surface area (Å²) in [6.45, 7) is 1.23. The van der Waals surface area contributed by atoms with E-state index >= 15 is 0 Å². The highest BCUT2D eigenvalue weighted by Crippen LogP contribution is 2.32. The Kier molecular flexibility index (Phi) is 8.57. The smallest absolute Gasteiger partial charge is 0.264 e. The molecule has 0 fully saturated rings. The van der Waals surface area contributed by atoms with Gasteiger partial charge in [-0.2, -0.15) is 0 Å². The number of methoxy groups -OCH3 is 1. The molecule has 3 aromatic carbocycles. The molecule has 1 amide bonds. The molecule has 0 spiro atoms.